The first-order chi connectivity index (χ1) is 18.6. The molecule has 39 heavy (non-hydrogen) atoms. The summed E-state index contributed by atoms with van der Waals surface area (Å²) in [5.41, 5.74) is 6.94. The summed E-state index contributed by atoms with van der Waals surface area (Å²) in [6.07, 6.45) is -7.26. The number of hydrogen-bond donors (Lipinski definition) is 1. The van der Waals surface area contributed by atoms with E-state index in [1.54, 1.807) is 6.07 Å². The fourth-order valence-electron chi connectivity index (χ4n) is 4.14. The van der Waals surface area contributed by atoms with Crippen LogP contribution >= 0.6 is 0 Å². The maximum atomic E-state index is 15.1. The topological polar surface area (TPSA) is 91.1 Å². The lowest BCUT2D eigenvalue weighted by Gasteiger charge is -2.35. The molecule has 0 aliphatic carbocycles. The van der Waals surface area contributed by atoms with Crippen molar-refractivity contribution < 1.29 is 41.4 Å². The second kappa shape index (κ2) is 12.1. The van der Waals surface area contributed by atoms with Crippen LogP contribution in [0.15, 0.2) is 72.8 Å². The molecule has 1 fully saturated rings. The zero-order valence-corrected chi connectivity index (χ0v) is 20.7. The zero-order chi connectivity index (χ0) is 28.0. The van der Waals surface area contributed by atoms with Crippen molar-refractivity contribution >= 4 is 11.8 Å². The van der Waals surface area contributed by atoms with E-state index in [1.165, 1.54) is 29.2 Å². The van der Waals surface area contributed by atoms with Crippen LogP contribution < -0.4 is 19.9 Å². The number of piperidine rings is 1. The largest absolute Gasteiger partial charge is 0.573 e. The van der Waals surface area contributed by atoms with Crippen LogP contribution in [0.4, 0.5) is 17.6 Å². The van der Waals surface area contributed by atoms with Crippen molar-refractivity contribution in [2.24, 2.45) is 5.73 Å². The van der Waals surface area contributed by atoms with Crippen LogP contribution in [0.25, 0.3) is 0 Å². The lowest BCUT2D eigenvalue weighted by atomic mass is 10.0. The number of rotatable bonds is 9. The molecule has 2 amide bonds. The van der Waals surface area contributed by atoms with Gasteiger partial charge >= 0.3 is 6.36 Å². The number of benzene rings is 3. The number of likely N-dealkylation sites (tertiary alicyclic amines) is 1. The van der Waals surface area contributed by atoms with Gasteiger partial charge in [-0.3, -0.25) is 9.59 Å². The smallest absolute Gasteiger partial charge is 0.489 e. The van der Waals surface area contributed by atoms with Gasteiger partial charge in [0.15, 0.2) is 6.17 Å². The molecule has 0 unspecified atom stereocenters. The number of amides is 2. The fraction of sp³-hybridized carbons (Fsp3) is 0.286. The highest BCUT2D eigenvalue weighted by Gasteiger charge is 2.34. The molecule has 11 heteroatoms. The van der Waals surface area contributed by atoms with Gasteiger partial charge in [0, 0.05) is 19.0 Å². The average molecular weight is 547 g/mol. The number of primary amides is 1. The third-order valence-electron chi connectivity index (χ3n) is 6.09. The number of carbonyl (C=O) groups excluding carboxylic acids is 2. The van der Waals surface area contributed by atoms with E-state index in [0.717, 1.165) is 17.7 Å². The molecule has 0 radical (unpaired) electrons. The third kappa shape index (κ3) is 7.86. The Bertz CT molecular complexity index is 1290. The number of hydrogen-bond acceptors (Lipinski definition) is 5. The predicted octanol–water partition coefficient (Wildman–Crippen LogP) is 4.82. The highest BCUT2D eigenvalue weighted by atomic mass is 19.4. The second-order valence-electron chi connectivity index (χ2n) is 8.97. The highest BCUT2D eigenvalue weighted by Crippen LogP contribution is 2.29. The average Bonchev–Trinajstić information content (AvgIpc) is 2.89. The lowest BCUT2D eigenvalue weighted by Crippen LogP contribution is -2.49. The van der Waals surface area contributed by atoms with Crippen LogP contribution in [0.3, 0.4) is 0 Å². The molecule has 7 nitrogen and oxygen atoms in total. The Labute approximate surface area is 222 Å². The summed E-state index contributed by atoms with van der Waals surface area (Å²) in [4.78, 5) is 26.0. The quantitative estimate of drug-likeness (QED) is 0.389. The number of nitrogens with two attached hydrogens (primary N) is 1. The molecule has 0 bridgehead atoms. The first kappa shape index (κ1) is 27.7. The minimum atomic E-state index is -4.81. The number of nitrogens with zero attached hydrogens (tertiary/aromatic N) is 1. The Hall–Kier alpha value is -4.28. The van der Waals surface area contributed by atoms with Gasteiger partial charge in [-0.05, 0) is 35.4 Å². The Balaban J connectivity index is 1.35. The summed E-state index contributed by atoms with van der Waals surface area (Å²) in [7, 11) is 0. The molecule has 0 spiro atoms. The van der Waals surface area contributed by atoms with Crippen molar-refractivity contribution in [1.82, 2.24) is 4.90 Å². The zero-order valence-electron chi connectivity index (χ0n) is 20.7. The van der Waals surface area contributed by atoms with E-state index in [0.29, 0.717) is 11.3 Å². The molecule has 4 rings (SSSR count). The Morgan fingerprint density at radius 3 is 2.28 bits per heavy atom. The third-order valence-corrected chi connectivity index (χ3v) is 6.09. The van der Waals surface area contributed by atoms with Crippen molar-refractivity contribution in [3.63, 3.8) is 0 Å². The van der Waals surface area contributed by atoms with E-state index in [-0.39, 0.29) is 49.8 Å². The SMILES string of the molecule is NC(=O)c1ccc(OCc2ccccc2)cc1O[C@@H]1CCN(C(=O)Cc2ccc(OC(F)(F)F)cc2)C[C@@H]1F. The van der Waals surface area contributed by atoms with Gasteiger partial charge in [0.25, 0.3) is 5.91 Å². The van der Waals surface area contributed by atoms with Crippen LogP contribution in [-0.4, -0.2) is 48.4 Å². The molecule has 2 atom stereocenters. The van der Waals surface area contributed by atoms with Crippen LogP contribution in [0.5, 0.6) is 17.2 Å². The molecule has 2 N–H and O–H groups in total. The fourth-order valence-corrected chi connectivity index (χ4v) is 4.14. The van der Waals surface area contributed by atoms with Crippen molar-refractivity contribution in [2.45, 2.75) is 38.1 Å². The Kier molecular flexibility index (Phi) is 8.58. The number of ether oxygens (including phenoxy) is 3. The predicted molar refractivity (Wildman–Crippen MR) is 133 cm³/mol. The molecule has 1 heterocycles. The summed E-state index contributed by atoms with van der Waals surface area (Å²) < 4.78 is 67.5. The van der Waals surface area contributed by atoms with Crippen LogP contribution in [0, 0.1) is 0 Å². The maximum Gasteiger partial charge on any atom is 0.573 e. The Morgan fingerprint density at radius 2 is 1.64 bits per heavy atom. The van der Waals surface area contributed by atoms with Gasteiger partial charge < -0.3 is 24.8 Å². The van der Waals surface area contributed by atoms with E-state index in [9.17, 15) is 22.8 Å². The van der Waals surface area contributed by atoms with Crippen LogP contribution in [-0.2, 0) is 17.8 Å². The molecule has 3 aromatic rings. The molecule has 0 aromatic heterocycles. The molecule has 1 aliphatic heterocycles. The van der Waals surface area contributed by atoms with E-state index in [1.807, 2.05) is 30.3 Å². The van der Waals surface area contributed by atoms with Gasteiger partial charge in [0.2, 0.25) is 5.91 Å². The lowest BCUT2D eigenvalue weighted by molar-refractivity contribution is -0.274. The van der Waals surface area contributed by atoms with Crippen molar-refractivity contribution in [2.75, 3.05) is 13.1 Å². The number of halogens is 4. The number of carbonyl (C=O) groups is 2. The number of alkyl halides is 4. The van der Waals surface area contributed by atoms with Gasteiger partial charge in [-0.1, -0.05) is 42.5 Å². The normalized spacial score (nSPS) is 17.4. The first-order valence-electron chi connectivity index (χ1n) is 12.1. The van der Waals surface area contributed by atoms with Gasteiger partial charge in [-0.2, -0.15) is 0 Å². The van der Waals surface area contributed by atoms with E-state index in [4.69, 9.17) is 15.2 Å². The van der Waals surface area contributed by atoms with Gasteiger partial charge in [-0.15, -0.1) is 13.2 Å². The standard InChI is InChI=1S/C28H26F4N2O5/c29-23-16-34(26(35)14-18-6-8-20(9-7-18)39-28(30,31)32)13-12-24(23)38-25-15-21(10-11-22(25)27(33)36)37-17-19-4-2-1-3-5-19/h1-11,15,23-24H,12-14,16-17H2,(H2,33,36)/t23-,24+/m0/s1. The molecular formula is C28H26F4N2O5. The monoisotopic (exact) mass is 546 g/mol. The van der Waals surface area contributed by atoms with Crippen LogP contribution in [0.2, 0.25) is 0 Å². The summed E-state index contributed by atoms with van der Waals surface area (Å²) in [6, 6.07) is 18.9. The summed E-state index contributed by atoms with van der Waals surface area (Å²) in [5, 5.41) is 0. The summed E-state index contributed by atoms with van der Waals surface area (Å²) >= 11 is 0. The molecule has 0 saturated carbocycles. The maximum absolute atomic E-state index is 15.1. The molecule has 206 valence electrons. The minimum absolute atomic E-state index is 0.0747. The van der Waals surface area contributed by atoms with Crippen molar-refractivity contribution in [3.8, 4) is 17.2 Å². The van der Waals surface area contributed by atoms with Crippen molar-refractivity contribution in [3.05, 3.63) is 89.5 Å². The van der Waals surface area contributed by atoms with Crippen LogP contribution in [0.1, 0.15) is 27.9 Å². The van der Waals surface area contributed by atoms with E-state index in [2.05, 4.69) is 4.74 Å². The molecule has 1 aliphatic rings. The van der Waals surface area contributed by atoms with Gasteiger partial charge in [0.05, 0.1) is 18.5 Å². The van der Waals surface area contributed by atoms with E-state index < -0.39 is 30.3 Å². The molecule has 1 saturated heterocycles. The molecular weight excluding hydrogens is 520 g/mol. The summed E-state index contributed by atoms with van der Waals surface area (Å²) in [5.74, 6) is -1.02. The Morgan fingerprint density at radius 1 is 0.949 bits per heavy atom. The van der Waals surface area contributed by atoms with Gasteiger partial charge in [0.1, 0.15) is 30.0 Å². The summed E-state index contributed by atoms with van der Waals surface area (Å²) in [6.45, 7) is 0.227. The first-order valence-corrected chi connectivity index (χ1v) is 12.1. The van der Waals surface area contributed by atoms with Crippen molar-refractivity contribution in [1.29, 1.82) is 0 Å². The highest BCUT2D eigenvalue weighted by molar-refractivity contribution is 5.95. The van der Waals surface area contributed by atoms with Gasteiger partial charge in [-0.25, -0.2) is 4.39 Å². The second-order valence-corrected chi connectivity index (χ2v) is 8.97. The molecule has 3 aromatic carbocycles. The minimum Gasteiger partial charge on any atom is -0.489 e. The van der Waals surface area contributed by atoms with E-state index >= 15 is 4.39 Å².